The lowest BCUT2D eigenvalue weighted by Crippen LogP contribution is -2.61. The molecule has 0 aromatic heterocycles. The molecule has 15 heavy (non-hydrogen) atoms. The number of likely N-dealkylation sites (N-methyl/N-ethyl adjacent to an activating group) is 1. The van der Waals surface area contributed by atoms with E-state index in [9.17, 15) is 4.79 Å². The molecule has 0 aliphatic carbocycles. The molecule has 1 aliphatic heterocycles. The highest BCUT2D eigenvalue weighted by Crippen LogP contribution is 2.19. The van der Waals surface area contributed by atoms with Crippen LogP contribution in [0.4, 0.5) is 0 Å². The van der Waals surface area contributed by atoms with Gasteiger partial charge in [0.1, 0.15) is 6.04 Å². The van der Waals surface area contributed by atoms with Gasteiger partial charge in [-0.05, 0) is 20.8 Å². The SMILES string of the molecule is CC1CN(C(C)C)C(CC#N)C(=O)N1C. The fourth-order valence-electron chi connectivity index (χ4n) is 2.01. The van der Waals surface area contributed by atoms with E-state index in [0.717, 1.165) is 6.54 Å². The molecule has 2 atom stereocenters. The number of piperazine rings is 1. The first kappa shape index (κ1) is 12.0. The first-order valence-electron chi connectivity index (χ1n) is 5.38. The Morgan fingerprint density at radius 1 is 1.60 bits per heavy atom. The van der Waals surface area contributed by atoms with Crippen molar-refractivity contribution in [2.75, 3.05) is 13.6 Å². The maximum Gasteiger partial charge on any atom is 0.241 e. The highest BCUT2D eigenvalue weighted by molar-refractivity contribution is 5.83. The summed E-state index contributed by atoms with van der Waals surface area (Å²) in [5.41, 5.74) is 0. The van der Waals surface area contributed by atoms with Crippen LogP contribution in [0.2, 0.25) is 0 Å². The van der Waals surface area contributed by atoms with Crippen molar-refractivity contribution in [2.24, 2.45) is 0 Å². The lowest BCUT2D eigenvalue weighted by molar-refractivity contribution is -0.144. The van der Waals surface area contributed by atoms with E-state index < -0.39 is 0 Å². The number of amides is 1. The van der Waals surface area contributed by atoms with Crippen molar-refractivity contribution in [3.63, 3.8) is 0 Å². The zero-order valence-electron chi connectivity index (χ0n) is 9.90. The van der Waals surface area contributed by atoms with Gasteiger partial charge < -0.3 is 4.90 Å². The third kappa shape index (κ3) is 2.29. The van der Waals surface area contributed by atoms with Gasteiger partial charge in [-0.25, -0.2) is 0 Å². The normalized spacial score (nSPS) is 28.3. The van der Waals surface area contributed by atoms with Crippen molar-refractivity contribution in [2.45, 2.75) is 45.3 Å². The third-order valence-electron chi connectivity index (χ3n) is 3.12. The topological polar surface area (TPSA) is 47.3 Å². The number of rotatable bonds is 2. The average molecular weight is 209 g/mol. The Morgan fingerprint density at radius 3 is 2.67 bits per heavy atom. The van der Waals surface area contributed by atoms with E-state index in [4.69, 9.17) is 5.26 Å². The second-order valence-electron chi connectivity index (χ2n) is 4.47. The van der Waals surface area contributed by atoms with E-state index in [1.807, 2.05) is 14.0 Å². The number of nitrogens with zero attached hydrogens (tertiary/aromatic N) is 3. The van der Waals surface area contributed by atoms with Crippen LogP contribution in [0.25, 0.3) is 0 Å². The van der Waals surface area contributed by atoms with E-state index in [1.165, 1.54) is 0 Å². The van der Waals surface area contributed by atoms with Crippen LogP contribution in [0.1, 0.15) is 27.2 Å². The minimum absolute atomic E-state index is 0.0731. The largest absolute Gasteiger partial charge is 0.340 e. The van der Waals surface area contributed by atoms with Crippen LogP contribution in [0.3, 0.4) is 0 Å². The zero-order valence-corrected chi connectivity index (χ0v) is 9.90. The number of hydrogen-bond donors (Lipinski definition) is 0. The summed E-state index contributed by atoms with van der Waals surface area (Å²) in [7, 11) is 1.81. The molecule has 1 fully saturated rings. The standard InChI is InChI=1S/C11H19N3O/c1-8(2)14-7-9(3)13(4)11(15)10(14)5-6-12/h8-10H,5,7H2,1-4H3. The first-order valence-corrected chi connectivity index (χ1v) is 5.38. The molecule has 4 nitrogen and oxygen atoms in total. The summed E-state index contributed by atoms with van der Waals surface area (Å²) in [5.74, 6) is 0.0731. The van der Waals surface area contributed by atoms with Gasteiger partial charge in [0.15, 0.2) is 0 Å². The van der Waals surface area contributed by atoms with Crippen molar-refractivity contribution < 1.29 is 4.79 Å². The van der Waals surface area contributed by atoms with Gasteiger partial charge in [0.25, 0.3) is 0 Å². The second-order valence-corrected chi connectivity index (χ2v) is 4.47. The van der Waals surface area contributed by atoms with Crippen LogP contribution < -0.4 is 0 Å². The van der Waals surface area contributed by atoms with Crippen LogP contribution in [0, 0.1) is 11.3 Å². The molecule has 1 heterocycles. The second kappa shape index (κ2) is 4.63. The molecule has 0 radical (unpaired) electrons. The Balaban J connectivity index is 2.87. The summed E-state index contributed by atoms with van der Waals surface area (Å²) >= 11 is 0. The predicted octanol–water partition coefficient (Wildman–Crippen LogP) is 0.840. The number of carbonyl (C=O) groups excluding carboxylic acids is 1. The van der Waals surface area contributed by atoms with Crippen LogP contribution in [-0.2, 0) is 4.79 Å². The highest BCUT2D eigenvalue weighted by atomic mass is 16.2. The van der Waals surface area contributed by atoms with Crippen molar-refractivity contribution in [1.29, 1.82) is 5.26 Å². The molecule has 2 unspecified atom stereocenters. The monoisotopic (exact) mass is 209 g/mol. The summed E-state index contributed by atoms with van der Waals surface area (Å²) in [6.45, 7) is 7.02. The van der Waals surface area contributed by atoms with Crippen molar-refractivity contribution in [3.8, 4) is 6.07 Å². The lowest BCUT2D eigenvalue weighted by Gasteiger charge is -2.44. The van der Waals surface area contributed by atoms with E-state index in [0.29, 0.717) is 6.04 Å². The summed E-state index contributed by atoms with van der Waals surface area (Å²) in [5, 5.41) is 8.74. The fourth-order valence-corrected chi connectivity index (χ4v) is 2.01. The smallest absolute Gasteiger partial charge is 0.241 e. The Bertz CT molecular complexity index is 282. The van der Waals surface area contributed by atoms with E-state index in [2.05, 4.69) is 24.8 Å². The van der Waals surface area contributed by atoms with Crippen LogP contribution in [0.15, 0.2) is 0 Å². The van der Waals surface area contributed by atoms with Crippen LogP contribution in [0.5, 0.6) is 0 Å². The summed E-state index contributed by atoms with van der Waals surface area (Å²) in [6.07, 6.45) is 0.286. The highest BCUT2D eigenvalue weighted by Gasteiger charge is 2.37. The van der Waals surface area contributed by atoms with Gasteiger partial charge in [0, 0.05) is 25.7 Å². The molecule has 0 aromatic rings. The van der Waals surface area contributed by atoms with Gasteiger partial charge in [-0.1, -0.05) is 0 Å². The van der Waals surface area contributed by atoms with E-state index in [1.54, 1.807) is 4.90 Å². The Labute approximate surface area is 91.5 Å². The average Bonchev–Trinajstić information content (AvgIpc) is 2.18. The quantitative estimate of drug-likeness (QED) is 0.677. The molecule has 0 saturated carbocycles. The van der Waals surface area contributed by atoms with E-state index in [-0.39, 0.29) is 24.4 Å². The van der Waals surface area contributed by atoms with Gasteiger partial charge >= 0.3 is 0 Å². The number of nitriles is 1. The van der Waals surface area contributed by atoms with Gasteiger partial charge in [0.2, 0.25) is 5.91 Å². The van der Waals surface area contributed by atoms with Crippen LogP contribution >= 0.6 is 0 Å². The predicted molar refractivity (Wildman–Crippen MR) is 58.1 cm³/mol. The van der Waals surface area contributed by atoms with Gasteiger partial charge in [-0.3, -0.25) is 9.69 Å². The summed E-state index contributed by atoms with van der Waals surface area (Å²) in [4.78, 5) is 15.8. The fraction of sp³-hybridized carbons (Fsp3) is 0.818. The molecule has 0 N–H and O–H groups in total. The first-order chi connectivity index (χ1) is 6.99. The minimum Gasteiger partial charge on any atom is -0.340 e. The molecule has 4 heteroatoms. The molecule has 1 amide bonds. The molecule has 0 spiro atoms. The lowest BCUT2D eigenvalue weighted by atomic mass is 10.0. The molecular weight excluding hydrogens is 190 g/mol. The van der Waals surface area contributed by atoms with Crippen molar-refractivity contribution in [3.05, 3.63) is 0 Å². The van der Waals surface area contributed by atoms with Gasteiger partial charge in [-0.2, -0.15) is 5.26 Å². The van der Waals surface area contributed by atoms with E-state index >= 15 is 0 Å². The zero-order chi connectivity index (χ0) is 11.6. The molecule has 1 rings (SSSR count). The maximum absolute atomic E-state index is 12.0. The molecule has 1 saturated heterocycles. The molecular formula is C11H19N3O. The van der Waals surface area contributed by atoms with Crippen molar-refractivity contribution in [1.82, 2.24) is 9.80 Å². The van der Waals surface area contributed by atoms with Gasteiger partial charge in [-0.15, -0.1) is 0 Å². The number of hydrogen-bond acceptors (Lipinski definition) is 3. The van der Waals surface area contributed by atoms with Crippen molar-refractivity contribution >= 4 is 5.91 Å². The number of carbonyl (C=O) groups is 1. The Hall–Kier alpha value is -1.08. The third-order valence-corrected chi connectivity index (χ3v) is 3.12. The molecule has 1 aliphatic rings. The minimum atomic E-state index is -0.254. The maximum atomic E-state index is 12.0. The molecule has 84 valence electrons. The summed E-state index contributed by atoms with van der Waals surface area (Å²) < 4.78 is 0. The Morgan fingerprint density at radius 2 is 2.20 bits per heavy atom. The molecule has 0 bridgehead atoms. The van der Waals surface area contributed by atoms with Gasteiger partial charge in [0.05, 0.1) is 12.5 Å². The Kier molecular flexibility index (Phi) is 3.70. The molecule has 0 aromatic carbocycles. The summed E-state index contributed by atoms with van der Waals surface area (Å²) in [6, 6.07) is 2.39. The van der Waals surface area contributed by atoms with Crippen LogP contribution in [-0.4, -0.2) is 47.4 Å².